The van der Waals surface area contributed by atoms with Crippen LogP contribution < -0.4 is 73.5 Å². The number of hydrogen-bond acceptors (Lipinski definition) is 23. The smallest absolute Gasteiger partial charge is 0.318 e. The molecule has 5 aromatic rings. The fourth-order valence-electron chi connectivity index (χ4n) is 15.4. The number of carbonyl (C=O) groups excluding carboxylic acids is 9. The molecule has 1 saturated heterocycles. The summed E-state index contributed by atoms with van der Waals surface area (Å²) in [5.41, 5.74) is 9.15. The molecule has 0 aromatic heterocycles. The van der Waals surface area contributed by atoms with Gasteiger partial charge in [-0.15, -0.1) is 0 Å². The van der Waals surface area contributed by atoms with E-state index in [1.54, 1.807) is 5.32 Å². The normalized spacial score (nSPS) is 29.6. The van der Waals surface area contributed by atoms with Crippen molar-refractivity contribution in [3.8, 4) is 57.1 Å². The van der Waals surface area contributed by atoms with E-state index >= 15 is 24.0 Å². The number of primary amides is 1. The summed E-state index contributed by atoms with van der Waals surface area (Å²) in [6.07, 6.45) is -10.1. The van der Waals surface area contributed by atoms with E-state index in [0.29, 0.717) is 11.8 Å². The number of likely N-dealkylation sites (N-methyl/N-ethyl adjacent to an activating group) is 1. The first-order valence-electron chi connectivity index (χ1n) is 33.8. The number of aromatic hydroxyl groups is 3. The van der Waals surface area contributed by atoms with Crippen molar-refractivity contribution >= 4 is 76.5 Å². The van der Waals surface area contributed by atoms with Gasteiger partial charge in [-0.2, -0.15) is 0 Å². The largest absolute Gasteiger partial charge is 0.508 e. The lowest BCUT2D eigenvalue weighted by Crippen LogP contribution is -2.60. The Morgan fingerprint density at radius 1 is 0.635 bits per heavy atom. The lowest BCUT2D eigenvalue weighted by atomic mass is 9.54. The number of urea groups is 1. The zero-order chi connectivity index (χ0) is 74.6. The second-order valence-corrected chi connectivity index (χ2v) is 28.6. The Morgan fingerprint density at radius 3 is 1.83 bits per heavy atom. The molecule has 104 heavy (non-hydrogen) atoms. The maximum Gasteiger partial charge on any atom is 0.318 e. The van der Waals surface area contributed by atoms with Gasteiger partial charge in [0.15, 0.2) is 11.5 Å². The minimum absolute atomic E-state index is 0.0773. The van der Waals surface area contributed by atoms with E-state index < -0.39 is 192 Å². The molecule has 5 fully saturated rings. The van der Waals surface area contributed by atoms with Crippen molar-refractivity contribution in [2.45, 2.75) is 150 Å². The fourth-order valence-corrected chi connectivity index (χ4v) is 15.8. The predicted octanol–water partition coefficient (Wildman–Crippen LogP) is 1.40. The highest BCUT2D eigenvalue weighted by Crippen LogP contribution is 2.55. The van der Waals surface area contributed by atoms with E-state index in [4.69, 9.17) is 53.6 Å². The number of phenolic OH excluding ortho intramolecular Hbond substituents is 3. The Labute approximate surface area is 603 Å². The number of halogens is 2. The summed E-state index contributed by atoms with van der Waals surface area (Å²) < 4.78 is 25.4. The molecule has 4 aliphatic carbocycles. The maximum atomic E-state index is 16.1. The number of carbonyl (C=O) groups is 9. The standard InChI is InChI=1S/C70H79Cl2N11O21/c1-25(2)10-39(75-3)62(93)82-54-56(88)29-5-8-43(37(71)17-29)101-45-19-33-20-46(61(45)104-69-60(92)59(91)58(90)47(24-73)103-69)102-44-9-6-30(18-38(44)72)57(89)55-68(99)81-53(66(97)78-50-31-12-26-11-27(14-31)15-32(50)13-26)36-21-34(84)22-42(86)49(36)35-16-28(4-7-41(35)85)51(64(95)83-55)80-65(96)52(33)79-63(94)40(76-67(54)98)23-48(87)77-70(74)100/h4-9,16-22,25-27,31-32,39-40,47,50-60,69,75,84-86,88-92H,10-15,23-24,73H2,1-3H3,(H,76,98)(H,78,97)(H,79,94)(H,80,96)(H,81,99)(H,82,93)(H,83,95)(H3,74,77,87,100)/t26?,27?,31?,32?,39-,40+,47-,50?,51-,52-,53+,54-,55+,56-,57-,58+,59+,60-,69+/m1/s1. The van der Waals surface area contributed by atoms with Gasteiger partial charge in [0, 0.05) is 29.8 Å². The first-order valence-corrected chi connectivity index (χ1v) is 34.5. The molecule has 10 aliphatic rings. The third-order valence-corrected chi connectivity index (χ3v) is 20.8. The summed E-state index contributed by atoms with van der Waals surface area (Å²) in [5, 5.41) is 116. The van der Waals surface area contributed by atoms with Crippen LogP contribution in [-0.2, 0) is 43.1 Å². The van der Waals surface area contributed by atoms with E-state index in [-0.39, 0.29) is 85.1 Å². The summed E-state index contributed by atoms with van der Waals surface area (Å²) >= 11 is 14.1. The lowest BCUT2D eigenvalue weighted by molar-refractivity contribution is -0.270. The number of nitrogens with one attached hydrogen (secondary N) is 9. The molecule has 6 aliphatic heterocycles. The number of phenols is 3. The third-order valence-electron chi connectivity index (χ3n) is 20.2. The number of aliphatic hydroxyl groups is 5. The molecule has 5 aromatic carbocycles. The minimum atomic E-state index is -2.35. The Kier molecular flexibility index (Phi) is 21.5. The predicted molar refractivity (Wildman–Crippen MR) is 365 cm³/mol. The molecule has 34 heteroatoms. The summed E-state index contributed by atoms with van der Waals surface area (Å²) in [6.45, 7) is 3.18. The van der Waals surface area contributed by atoms with Crippen LogP contribution in [0.3, 0.4) is 0 Å². The van der Waals surface area contributed by atoms with Crippen molar-refractivity contribution in [2.75, 3.05) is 13.6 Å². The molecule has 15 bridgehead atoms. The number of fused-ring (bicyclic) bond motifs is 15. The Morgan fingerprint density at radius 2 is 1.23 bits per heavy atom. The SMILES string of the molecule is CN[C@H](CC(C)C)C(=O)N[C@H]1C(=O)N[C@@H](CC(=O)NC(N)=O)C(=O)N[C@H]2C(=O)N[C@H]3C(=O)N[C@H](C(=O)N[C@H](C(=O)NC4C5CC6CC(C5)CC4C6)c4cc(O)cc(O)c4-c4cc3ccc4O)[C@H](O)c3ccc(c(Cl)c3)Oc3cc2cc(c3O[C@@H]2O[C@H](CN)[C@H](O)[C@H](O)[C@H]2O)Oc2ccc(cc2Cl)[C@H]1O. The molecule has 14 atom stereocenters. The van der Waals surface area contributed by atoms with Crippen molar-refractivity contribution in [1.29, 1.82) is 0 Å². The second kappa shape index (κ2) is 30.2. The fraction of sp³-hybridized carbons (Fsp3) is 0.443. The number of amides is 10. The monoisotopic (exact) mass is 1480 g/mol. The lowest BCUT2D eigenvalue weighted by Gasteiger charge is -2.54. The van der Waals surface area contributed by atoms with Crippen LogP contribution in [0.1, 0.15) is 117 Å². The van der Waals surface area contributed by atoms with Crippen LogP contribution in [0, 0.1) is 29.6 Å². The van der Waals surface area contributed by atoms with Gasteiger partial charge in [-0.05, 0) is 158 Å². The first kappa shape index (κ1) is 74.1. The minimum Gasteiger partial charge on any atom is -0.508 e. The van der Waals surface area contributed by atoms with Gasteiger partial charge in [0.05, 0.1) is 22.5 Å². The zero-order valence-electron chi connectivity index (χ0n) is 56.0. The van der Waals surface area contributed by atoms with E-state index in [2.05, 4.69) is 42.5 Å². The number of benzene rings is 5. The molecular formula is C70H79Cl2N11O21. The van der Waals surface area contributed by atoms with Crippen LogP contribution in [0.25, 0.3) is 11.1 Å². The van der Waals surface area contributed by atoms with Crippen LogP contribution in [0.15, 0.2) is 78.9 Å². The Hall–Kier alpha value is -9.61. The number of aliphatic hydroxyl groups excluding tert-OH is 5. The van der Waals surface area contributed by atoms with Crippen molar-refractivity contribution < 1.29 is 103 Å². The number of ether oxygens (including phenoxy) is 4. The van der Waals surface area contributed by atoms with Gasteiger partial charge in [-0.1, -0.05) is 55.2 Å². The van der Waals surface area contributed by atoms with E-state index in [0.717, 1.165) is 86.7 Å². The van der Waals surface area contributed by atoms with Gasteiger partial charge in [-0.25, -0.2) is 4.79 Å². The van der Waals surface area contributed by atoms with Gasteiger partial charge < -0.3 is 114 Å². The Balaban J connectivity index is 1.06. The third kappa shape index (κ3) is 15.2. The average molecular weight is 1480 g/mol. The molecule has 554 valence electrons. The Bertz CT molecular complexity index is 4230. The van der Waals surface area contributed by atoms with Crippen LogP contribution in [0.4, 0.5) is 4.79 Å². The molecular weight excluding hydrogens is 1400 g/mol. The quantitative estimate of drug-likeness (QED) is 0.0839. The molecule has 0 radical (unpaired) electrons. The van der Waals surface area contributed by atoms with Crippen molar-refractivity contribution in [3.63, 3.8) is 0 Å². The first-order chi connectivity index (χ1) is 49.4. The summed E-state index contributed by atoms with van der Waals surface area (Å²) in [6, 6.07) is -1.30. The van der Waals surface area contributed by atoms with Gasteiger partial charge in [0.1, 0.15) is 102 Å². The van der Waals surface area contributed by atoms with Gasteiger partial charge >= 0.3 is 6.03 Å². The van der Waals surface area contributed by atoms with Crippen LogP contribution in [0.5, 0.6) is 46.0 Å². The number of hydrogen-bond donors (Lipinski definition) is 19. The zero-order valence-corrected chi connectivity index (χ0v) is 57.5. The topological polar surface area (TPSA) is 513 Å². The van der Waals surface area contributed by atoms with E-state index in [9.17, 15) is 60.0 Å². The highest BCUT2D eigenvalue weighted by molar-refractivity contribution is 6.32. The highest BCUT2D eigenvalue weighted by atomic mass is 35.5. The molecule has 0 unspecified atom stereocenters. The van der Waals surface area contributed by atoms with Crippen molar-refractivity contribution in [1.82, 2.24) is 47.9 Å². The van der Waals surface area contributed by atoms with Crippen LogP contribution >= 0.6 is 23.2 Å². The average Bonchev–Trinajstić information content (AvgIpc) is 0.763. The molecule has 6 heterocycles. The molecule has 0 spiro atoms. The highest BCUT2D eigenvalue weighted by Gasteiger charge is 2.51. The summed E-state index contributed by atoms with van der Waals surface area (Å²) in [4.78, 5) is 133. The summed E-state index contributed by atoms with van der Waals surface area (Å²) in [5.74, 6) is -13.3. The number of imide groups is 1. The van der Waals surface area contributed by atoms with Gasteiger partial charge in [-0.3, -0.25) is 43.7 Å². The second-order valence-electron chi connectivity index (χ2n) is 27.8. The molecule has 15 rings (SSSR count). The van der Waals surface area contributed by atoms with E-state index in [1.165, 1.54) is 31.3 Å². The van der Waals surface area contributed by atoms with Gasteiger partial charge in [0.25, 0.3) is 0 Å². The number of nitrogens with two attached hydrogens (primary N) is 2. The maximum absolute atomic E-state index is 16.1. The molecule has 10 amide bonds. The molecule has 4 saturated carbocycles. The van der Waals surface area contributed by atoms with Crippen LogP contribution in [-0.4, -0.2) is 169 Å². The van der Waals surface area contributed by atoms with Gasteiger partial charge in [0.2, 0.25) is 59.3 Å². The van der Waals surface area contributed by atoms with E-state index in [1.807, 2.05) is 13.8 Å². The molecule has 32 nitrogen and oxygen atoms in total. The summed E-state index contributed by atoms with van der Waals surface area (Å²) in [7, 11) is 1.47. The number of rotatable bonds is 12. The van der Waals surface area contributed by atoms with Crippen LogP contribution in [0.2, 0.25) is 10.0 Å². The molecule has 21 N–H and O–H groups in total. The van der Waals surface area contributed by atoms with Crippen molar-refractivity contribution in [2.24, 2.45) is 41.1 Å². The van der Waals surface area contributed by atoms with Crippen molar-refractivity contribution in [3.05, 3.63) is 117 Å².